The highest BCUT2D eigenvalue weighted by Gasteiger charge is 2.13. The highest BCUT2D eigenvalue weighted by molar-refractivity contribution is 7.16. The third-order valence-corrected chi connectivity index (χ3v) is 5.10. The number of hydrogen-bond acceptors (Lipinski definition) is 5. The number of ether oxygens (including phenoxy) is 1. The molecule has 2 aromatic carbocycles. The van der Waals surface area contributed by atoms with Crippen molar-refractivity contribution in [3.05, 3.63) is 68.0 Å². The minimum Gasteiger partial charge on any atom is -0.380 e. The van der Waals surface area contributed by atoms with Gasteiger partial charge in [-0.15, -0.1) is 0 Å². The molecule has 3 aromatic rings. The van der Waals surface area contributed by atoms with Crippen molar-refractivity contribution in [1.29, 1.82) is 0 Å². The van der Waals surface area contributed by atoms with Gasteiger partial charge in [0.15, 0.2) is 4.80 Å². The number of aromatic nitrogens is 1. The Morgan fingerprint density at radius 3 is 2.85 bits per heavy atom. The van der Waals surface area contributed by atoms with Gasteiger partial charge in [0.05, 0.1) is 21.7 Å². The van der Waals surface area contributed by atoms with Crippen LogP contribution in [-0.4, -0.2) is 28.6 Å². The summed E-state index contributed by atoms with van der Waals surface area (Å²) in [5.74, 6) is -0.427. The van der Waals surface area contributed by atoms with Crippen LogP contribution >= 0.6 is 22.9 Å². The molecule has 0 bridgehead atoms. The second-order valence-corrected chi connectivity index (χ2v) is 7.02. The van der Waals surface area contributed by atoms with Crippen LogP contribution in [0.15, 0.2) is 47.5 Å². The average molecular weight is 406 g/mol. The lowest BCUT2D eigenvalue weighted by Crippen LogP contribution is -2.19. The summed E-state index contributed by atoms with van der Waals surface area (Å²) < 4.78 is 7.97. The Labute approximate surface area is 163 Å². The molecule has 1 amide bonds. The molecule has 0 saturated heterocycles. The predicted molar refractivity (Wildman–Crippen MR) is 104 cm³/mol. The lowest BCUT2D eigenvalue weighted by Gasteiger charge is -2.05. The standard InChI is InChI=1S/C18H16ClN3O4S/c1-2-26-9-8-21-15-11-14(22(24)25)6-7-16(15)27-18(21)20-17(23)12-4-3-5-13(19)10-12/h3-7,10-11H,2,8-9H2,1H3. The molecule has 0 aliphatic heterocycles. The summed E-state index contributed by atoms with van der Waals surface area (Å²) in [6.45, 7) is 3.27. The van der Waals surface area contributed by atoms with E-state index >= 15 is 0 Å². The zero-order valence-corrected chi connectivity index (χ0v) is 16.0. The summed E-state index contributed by atoms with van der Waals surface area (Å²) >= 11 is 7.24. The summed E-state index contributed by atoms with van der Waals surface area (Å²) in [7, 11) is 0. The SMILES string of the molecule is CCOCCn1c(=NC(=O)c2cccc(Cl)c2)sc2ccc([N+](=O)[O-])cc21. The molecular formula is C18H16ClN3O4S. The van der Waals surface area contributed by atoms with E-state index in [0.29, 0.717) is 40.7 Å². The number of thiazole rings is 1. The fourth-order valence-electron chi connectivity index (χ4n) is 2.55. The first-order chi connectivity index (χ1) is 13.0. The van der Waals surface area contributed by atoms with Crippen molar-refractivity contribution in [3.8, 4) is 0 Å². The van der Waals surface area contributed by atoms with Crippen molar-refractivity contribution in [1.82, 2.24) is 4.57 Å². The van der Waals surface area contributed by atoms with Crippen LogP contribution in [0, 0.1) is 10.1 Å². The van der Waals surface area contributed by atoms with Crippen LogP contribution in [0.2, 0.25) is 5.02 Å². The van der Waals surface area contributed by atoms with Crippen LogP contribution in [0.3, 0.4) is 0 Å². The molecule has 0 aliphatic rings. The minimum absolute atomic E-state index is 0.0156. The van der Waals surface area contributed by atoms with Crippen LogP contribution < -0.4 is 4.80 Å². The second kappa shape index (κ2) is 8.43. The van der Waals surface area contributed by atoms with Crippen LogP contribution in [0.4, 0.5) is 5.69 Å². The molecule has 0 spiro atoms. The number of nitro benzene ring substituents is 1. The van der Waals surface area contributed by atoms with E-state index in [1.165, 1.54) is 23.5 Å². The Bertz CT molecular complexity index is 1070. The molecule has 0 fully saturated rings. The number of amides is 1. The highest BCUT2D eigenvalue weighted by atomic mass is 35.5. The quantitative estimate of drug-likeness (QED) is 0.352. The van der Waals surface area contributed by atoms with Gasteiger partial charge >= 0.3 is 0 Å². The molecule has 0 radical (unpaired) electrons. The summed E-state index contributed by atoms with van der Waals surface area (Å²) in [6, 6.07) is 11.1. The Balaban J connectivity index is 2.11. The molecule has 7 nitrogen and oxygen atoms in total. The summed E-state index contributed by atoms with van der Waals surface area (Å²) in [5, 5.41) is 11.6. The van der Waals surface area contributed by atoms with Gasteiger partial charge in [-0.2, -0.15) is 4.99 Å². The smallest absolute Gasteiger partial charge is 0.279 e. The third-order valence-electron chi connectivity index (χ3n) is 3.81. The van der Waals surface area contributed by atoms with Crippen molar-refractivity contribution in [3.63, 3.8) is 0 Å². The molecule has 1 aromatic heterocycles. The lowest BCUT2D eigenvalue weighted by molar-refractivity contribution is -0.384. The van der Waals surface area contributed by atoms with E-state index in [-0.39, 0.29) is 5.69 Å². The van der Waals surface area contributed by atoms with Gasteiger partial charge in [-0.25, -0.2) is 0 Å². The zero-order valence-electron chi connectivity index (χ0n) is 14.4. The first kappa shape index (κ1) is 19.2. The molecule has 9 heteroatoms. The monoisotopic (exact) mass is 405 g/mol. The summed E-state index contributed by atoms with van der Waals surface area (Å²) in [6.07, 6.45) is 0. The molecule has 0 atom stereocenters. The van der Waals surface area contributed by atoms with Crippen LogP contribution in [0.1, 0.15) is 17.3 Å². The number of halogens is 1. The first-order valence-corrected chi connectivity index (χ1v) is 9.39. The number of nitro groups is 1. The molecule has 140 valence electrons. The van der Waals surface area contributed by atoms with Gasteiger partial charge in [0.2, 0.25) is 0 Å². The number of nitrogens with zero attached hydrogens (tertiary/aromatic N) is 3. The lowest BCUT2D eigenvalue weighted by atomic mass is 10.2. The van der Waals surface area contributed by atoms with E-state index in [1.54, 1.807) is 34.9 Å². The fraction of sp³-hybridized carbons (Fsp3) is 0.222. The van der Waals surface area contributed by atoms with Crippen LogP contribution in [-0.2, 0) is 11.3 Å². The molecule has 3 rings (SSSR count). The van der Waals surface area contributed by atoms with Crippen LogP contribution in [0.25, 0.3) is 10.2 Å². The Morgan fingerprint density at radius 1 is 1.33 bits per heavy atom. The number of hydrogen-bond donors (Lipinski definition) is 0. The first-order valence-electron chi connectivity index (χ1n) is 8.19. The van der Waals surface area contributed by atoms with Crippen molar-refractivity contribution < 1.29 is 14.5 Å². The number of non-ortho nitro benzene ring substituents is 1. The van der Waals surface area contributed by atoms with Crippen molar-refractivity contribution in [2.24, 2.45) is 4.99 Å². The number of carbonyl (C=O) groups excluding carboxylic acids is 1. The van der Waals surface area contributed by atoms with Gasteiger partial charge in [-0.3, -0.25) is 14.9 Å². The molecule has 27 heavy (non-hydrogen) atoms. The number of fused-ring (bicyclic) bond motifs is 1. The summed E-state index contributed by atoms with van der Waals surface area (Å²) in [4.78, 5) is 27.9. The highest BCUT2D eigenvalue weighted by Crippen LogP contribution is 2.23. The molecule has 1 heterocycles. The minimum atomic E-state index is -0.447. The van der Waals surface area contributed by atoms with Gasteiger partial charge in [-0.05, 0) is 31.2 Å². The largest absolute Gasteiger partial charge is 0.380 e. The number of benzene rings is 2. The van der Waals surface area contributed by atoms with Gasteiger partial charge in [0.1, 0.15) is 0 Å². The van der Waals surface area contributed by atoms with Gasteiger partial charge in [0, 0.05) is 35.9 Å². The second-order valence-electron chi connectivity index (χ2n) is 5.57. The molecule has 0 saturated carbocycles. The van der Waals surface area contributed by atoms with E-state index in [2.05, 4.69) is 4.99 Å². The maximum atomic E-state index is 12.5. The fourth-order valence-corrected chi connectivity index (χ4v) is 3.77. The normalized spacial score (nSPS) is 11.9. The van der Waals surface area contributed by atoms with E-state index in [0.717, 1.165) is 4.70 Å². The van der Waals surface area contributed by atoms with Gasteiger partial charge < -0.3 is 9.30 Å². The number of carbonyl (C=O) groups is 1. The van der Waals surface area contributed by atoms with Crippen molar-refractivity contribution >= 4 is 44.7 Å². The maximum Gasteiger partial charge on any atom is 0.279 e. The van der Waals surface area contributed by atoms with E-state index in [9.17, 15) is 14.9 Å². The Morgan fingerprint density at radius 2 is 2.15 bits per heavy atom. The Hall–Kier alpha value is -2.55. The molecule has 0 N–H and O–H groups in total. The molecule has 0 aliphatic carbocycles. The molecule has 0 unspecified atom stereocenters. The summed E-state index contributed by atoms with van der Waals surface area (Å²) in [5.41, 5.74) is 1.01. The van der Waals surface area contributed by atoms with Crippen LogP contribution in [0.5, 0.6) is 0 Å². The van der Waals surface area contributed by atoms with E-state index in [4.69, 9.17) is 16.3 Å². The average Bonchev–Trinajstić information content (AvgIpc) is 2.98. The topological polar surface area (TPSA) is 86.7 Å². The maximum absolute atomic E-state index is 12.5. The third kappa shape index (κ3) is 4.41. The van der Waals surface area contributed by atoms with Crippen molar-refractivity contribution in [2.75, 3.05) is 13.2 Å². The predicted octanol–water partition coefficient (Wildman–Crippen LogP) is 4.04. The van der Waals surface area contributed by atoms with E-state index in [1.807, 2.05) is 6.92 Å². The zero-order chi connectivity index (χ0) is 19.4. The van der Waals surface area contributed by atoms with E-state index < -0.39 is 10.8 Å². The number of rotatable bonds is 6. The Kier molecular flexibility index (Phi) is 6.00. The van der Waals surface area contributed by atoms with Crippen molar-refractivity contribution in [2.45, 2.75) is 13.5 Å². The van der Waals surface area contributed by atoms with Gasteiger partial charge in [0.25, 0.3) is 11.6 Å². The molecular weight excluding hydrogens is 390 g/mol. The van der Waals surface area contributed by atoms with Gasteiger partial charge in [-0.1, -0.05) is 29.0 Å².